The maximum Gasteiger partial charge on any atom is 0.243 e. The molecule has 1 rings (SSSR count). The fourth-order valence-electron chi connectivity index (χ4n) is 2.41. The predicted molar refractivity (Wildman–Crippen MR) is 94.4 cm³/mol. The van der Waals surface area contributed by atoms with Crippen LogP contribution in [0.5, 0.6) is 5.75 Å². The van der Waals surface area contributed by atoms with Crippen molar-refractivity contribution in [2.75, 3.05) is 39.8 Å². The lowest BCUT2D eigenvalue weighted by Crippen LogP contribution is -2.40. The van der Waals surface area contributed by atoms with Crippen LogP contribution in [0.15, 0.2) is 29.2 Å². The summed E-state index contributed by atoms with van der Waals surface area (Å²) in [7, 11) is -1.91. The minimum Gasteiger partial charge on any atom is -0.497 e. The van der Waals surface area contributed by atoms with Crippen LogP contribution < -0.4 is 4.74 Å². The van der Waals surface area contributed by atoms with E-state index >= 15 is 0 Å². The van der Waals surface area contributed by atoms with E-state index in [-0.39, 0.29) is 5.92 Å². The Labute approximate surface area is 141 Å². The molecule has 0 bridgehead atoms. The zero-order chi connectivity index (χ0) is 17.5. The normalized spacial score (nSPS) is 12.3. The van der Waals surface area contributed by atoms with Crippen molar-refractivity contribution in [3.63, 3.8) is 0 Å². The van der Waals surface area contributed by atoms with Gasteiger partial charge in [0, 0.05) is 19.6 Å². The van der Waals surface area contributed by atoms with Crippen molar-refractivity contribution in [3.8, 4) is 5.75 Å². The molecule has 1 aromatic carbocycles. The molecule has 5 nitrogen and oxygen atoms in total. The first-order valence-electron chi connectivity index (χ1n) is 8.21. The van der Waals surface area contributed by atoms with Gasteiger partial charge in [0.25, 0.3) is 0 Å². The van der Waals surface area contributed by atoms with Gasteiger partial charge in [-0.2, -0.15) is 4.31 Å². The van der Waals surface area contributed by atoms with Crippen LogP contribution in [0, 0.1) is 5.92 Å². The molecule has 6 heteroatoms. The standard InChI is InChI=1S/C17H30N2O3S/c1-6-18(7-2)12-13-19(14-15(3)4)23(20,21)17-10-8-16(22-5)9-11-17/h8-11,15H,6-7,12-14H2,1-5H3. The number of benzene rings is 1. The van der Waals surface area contributed by atoms with E-state index in [4.69, 9.17) is 4.74 Å². The first-order valence-corrected chi connectivity index (χ1v) is 9.65. The van der Waals surface area contributed by atoms with Crippen molar-refractivity contribution in [1.29, 1.82) is 0 Å². The van der Waals surface area contributed by atoms with E-state index in [0.29, 0.717) is 23.7 Å². The lowest BCUT2D eigenvalue weighted by atomic mass is 10.2. The van der Waals surface area contributed by atoms with Gasteiger partial charge >= 0.3 is 0 Å². The summed E-state index contributed by atoms with van der Waals surface area (Å²) >= 11 is 0. The number of hydrogen-bond acceptors (Lipinski definition) is 4. The Morgan fingerprint density at radius 2 is 1.61 bits per heavy atom. The van der Waals surface area contributed by atoms with Gasteiger partial charge in [-0.25, -0.2) is 8.42 Å². The van der Waals surface area contributed by atoms with Gasteiger partial charge in [0.15, 0.2) is 0 Å². The molecule has 0 unspecified atom stereocenters. The molecule has 0 aliphatic heterocycles. The van der Waals surface area contributed by atoms with Gasteiger partial charge in [-0.3, -0.25) is 0 Å². The Bertz CT molecular complexity index is 552. The molecule has 0 N–H and O–H groups in total. The summed E-state index contributed by atoms with van der Waals surface area (Å²) in [5, 5.41) is 0. The average molecular weight is 343 g/mol. The van der Waals surface area contributed by atoms with Crippen LogP contribution in [0.1, 0.15) is 27.7 Å². The third-order valence-electron chi connectivity index (χ3n) is 3.83. The fraction of sp³-hybridized carbons (Fsp3) is 0.647. The largest absolute Gasteiger partial charge is 0.497 e. The second-order valence-corrected chi connectivity index (χ2v) is 7.90. The molecule has 0 heterocycles. The Balaban J connectivity index is 2.97. The maximum atomic E-state index is 12.9. The van der Waals surface area contributed by atoms with E-state index in [1.165, 1.54) is 0 Å². The third-order valence-corrected chi connectivity index (χ3v) is 5.71. The predicted octanol–water partition coefficient (Wildman–Crippen LogP) is 2.68. The highest BCUT2D eigenvalue weighted by atomic mass is 32.2. The van der Waals surface area contributed by atoms with Crippen LogP contribution in [-0.4, -0.2) is 57.5 Å². The van der Waals surface area contributed by atoms with E-state index in [0.717, 1.165) is 19.6 Å². The Kier molecular flexibility index (Phi) is 8.02. The van der Waals surface area contributed by atoms with E-state index < -0.39 is 10.0 Å². The van der Waals surface area contributed by atoms with Crippen LogP contribution in [0.4, 0.5) is 0 Å². The van der Waals surface area contributed by atoms with E-state index in [1.807, 2.05) is 13.8 Å². The molecule has 23 heavy (non-hydrogen) atoms. The van der Waals surface area contributed by atoms with Gasteiger partial charge in [-0.15, -0.1) is 0 Å². The second kappa shape index (κ2) is 9.25. The quantitative estimate of drug-likeness (QED) is 0.656. The lowest BCUT2D eigenvalue weighted by Gasteiger charge is -2.27. The van der Waals surface area contributed by atoms with Gasteiger partial charge in [0.2, 0.25) is 10.0 Å². The van der Waals surface area contributed by atoms with Gasteiger partial charge in [0.05, 0.1) is 12.0 Å². The monoisotopic (exact) mass is 342 g/mol. The van der Waals surface area contributed by atoms with Gasteiger partial charge in [-0.1, -0.05) is 27.7 Å². The highest BCUT2D eigenvalue weighted by molar-refractivity contribution is 7.89. The molecule has 1 aromatic rings. The molecule has 0 aromatic heterocycles. The number of methoxy groups -OCH3 is 1. The zero-order valence-corrected chi connectivity index (χ0v) is 15.8. The number of likely N-dealkylation sites (N-methyl/N-ethyl adjacent to an activating group) is 1. The highest BCUT2D eigenvalue weighted by Crippen LogP contribution is 2.20. The molecule has 0 fully saturated rings. The number of rotatable bonds is 10. The third kappa shape index (κ3) is 5.79. The van der Waals surface area contributed by atoms with Crippen LogP contribution >= 0.6 is 0 Å². The van der Waals surface area contributed by atoms with Gasteiger partial charge in [-0.05, 0) is 43.3 Å². The molecule has 132 valence electrons. The molecule has 0 saturated heterocycles. The molecule has 0 atom stereocenters. The lowest BCUT2D eigenvalue weighted by molar-refractivity contribution is 0.262. The Morgan fingerprint density at radius 3 is 2.04 bits per heavy atom. The average Bonchev–Trinajstić information content (AvgIpc) is 2.54. The topological polar surface area (TPSA) is 49.9 Å². The van der Waals surface area contributed by atoms with E-state index in [9.17, 15) is 8.42 Å². The van der Waals surface area contributed by atoms with Crippen LogP contribution in [0.2, 0.25) is 0 Å². The minimum absolute atomic E-state index is 0.278. The maximum absolute atomic E-state index is 12.9. The van der Waals surface area contributed by atoms with Crippen LogP contribution in [0.25, 0.3) is 0 Å². The van der Waals surface area contributed by atoms with Crippen molar-refractivity contribution in [2.45, 2.75) is 32.6 Å². The number of nitrogens with zero attached hydrogens (tertiary/aromatic N) is 2. The summed E-state index contributed by atoms with van der Waals surface area (Å²) in [6.07, 6.45) is 0. The Hall–Kier alpha value is -1.11. The second-order valence-electron chi connectivity index (χ2n) is 5.96. The molecule has 0 aliphatic carbocycles. The molecule has 0 spiro atoms. The first kappa shape index (κ1) is 19.9. The number of sulfonamides is 1. The van der Waals surface area contributed by atoms with Crippen LogP contribution in [-0.2, 0) is 10.0 Å². The summed E-state index contributed by atoms with van der Waals surface area (Å²) in [6.45, 7) is 11.9. The van der Waals surface area contributed by atoms with Crippen molar-refractivity contribution in [2.24, 2.45) is 5.92 Å². The van der Waals surface area contributed by atoms with Crippen LogP contribution in [0.3, 0.4) is 0 Å². The Morgan fingerprint density at radius 1 is 1.04 bits per heavy atom. The summed E-state index contributed by atoms with van der Waals surface area (Å²) in [5.41, 5.74) is 0. The first-order chi connectivity index (χ1) is 10.8. The number of ether oxygens (including phenoxy) is 1. The smallest absolute Gasteiger partial charge is 0.243 e. The summed E-state index contributed by atoms with van der Waals surface area (Å²) < 4.78 is 32.5. The molecular weight excluding hydrogens is 312 g/mol. The minimum atomic E-state index is -3.48. The number of hydrogen-bond donors (Lipinski definition) is 0. The van der Waals surface area contributed by atoms with Crippen molar-refractivity contribution >= 4 is 10.0 Å². The molecule has 0 radical (unpaired) electrons. The summed E-state index contributed by atoms with van der Waals surface area (Å²) in [5.74, 6) is 0.933. The summed E-state index contributed by atoms with van der Waals surface area (Å²) in [4.78, 5) is 2.55. The molecule has 0 aliphatic rings. The summed E-state index contributed by atoms with van der Waals surface area (Å²) in [6, 6.07) is 6.59. The van der Waals surface area contributed by atoms with Crippen molar-refractivity contribution < 1.29 is 13.2 Å². The van der Waals surface area contributed by atoms with Gasteiger partial charge < -0.3 is 9.64 Å². The van der Waals surface area contributed by atoms with Crippen molar-refractivity contribution in [1.82, 2.24) is 9.21 Å². The molecular formula is C17H30N2O3S. The fourth-order valence-corrected chi connectivity index (χ4v) is 4.00. The van der Waals surface area contributed by atoms with E-state index in [2.05, 4.69) is 18.7 Å². The molecule has 0 amide bonds. The zero-order valence-electron chi connectivity index (χ0n) is 14.9. The highest BCUT2D eigenvalue weighted by Gasteiger charge is 2.25. The molecule has 0 saturated carbocycles. The van der Waals surface area contributed by atoms with Crippen molar-refractivity contribution in [3.05, 3.63) is 24.3 Å². The van der Waals surface area contributed by atoms with E-state index in [1.54, 1.807) is 35.7 Å². The SMILES string of the molecule is CCN(CC)CCN(CC(C)C)S(=O)(=O)c1ccc(OC)cc1. The van der Waals surface area contributed by atoms with Gasteiger partial charge in [0.1, 0.15) is 5.75 Å².